The SMILES string of the molecule is CNc1ccc2c(c1)OC(C)(C)N=C2c1ccc(F)cc1. The van der Waals surface area contributed by atoms with Gasteiger partial charge in [-0.25, -0.2) is 9.38 Å². The molecule has 3 rings (SSSR count). The lowest BCUT2D eigenvalue weighted by atomic mass is 9.98. The van der Waals surface area contributed by atoms with E-state index in [-0.39, 0.29) is 5.82 Å². The second-order valence-electron chi connectivity index (χ2n) is 5.48. The van der Waals surface area contributed by atoms with Crippen LogP contribution in [0.5, 0.6) is 5.75 Å². The highest BCUT2D eigenvalue weighted by molar-refractivity contribution is 6.15. The van der Waals surface area contributed by atoms with Gasteiger partial charge in [0.15, 0.2) is 5.72 Å². The summed E-state index contributed by atoms with van der Waals surface area (Å²) in [6.45, 7) is 3.82. The number of rotatable bonds is 2. The van der Waals surface area contributed by atoms with Crippen LogP contribution in [0.15, 0.2) is 47.5 Å². The van der Waals surface area contributed by atoms with E-state index in [1.54, 1.807) is 12.1 Å². The van der Waals surface area contributed by atoms with Gasteiger partial charge in [0.25, 0.3) is 0 Å². The lowest BCUT2D eigenvalue weighted by molar-refractivity contribution is 0.115. The van der Waals surface area contributed by atoms with E-state index >= 15 is 0 Å². The first-order chi connectivity index (χ1) is 9.98. The molecule has 1 aliphatic heterocycles. The number of nitrogens with zero attached hydrogens (tertiary/aromatic N) is 1. The second-order valence-corrected chi connectivity index (χ2v) is 5.48. The van der Waals surface area contributed by atoms with Crippen LogP contribution >= 0.6 is 0 Å². The number of hydrogen-bond acceptors (Lipinski definition) is 3. The zero-order valence-corrected chi connectivity index (χ0v) is 12.3. The van der Waals surface area contributed by atoms with Crippen LogP contribution in [0, 0.1) is 5.82 Å². The molecule has 2 aromatic rings. The molecule has 0 atom stereocenters. The predicted octanol–water partition coefficient (Wildman–Crippen LogP) is 3.83. The number of ether oxygens (including phenoxy) is 1. The van der Waals surface area contributed by atoms with E-state index in [9.17, 15) is 4.39 Å². The maximum atomic E-state index is 13.1. The number of fused-ring (bicyclic) bond motifs is 1. The summed E-state index contributed by atoms with van der Waals surface area (Å²) >= 11 is 0. The van der Waals surface area contributed by atoms with Crippen LogP contribution in [0.25, 0.3) is 0 Å². The van der Waals surface area contributed by atoms with Gasteiger partial charge in [-0.15, -0.1) is 0 Å². The third-order valence-electron chi connectivity index (χ3n) is 3.38. The Balaban J connectivity index is 2.15. The van der Waals surface area contributed by atoms with Crippen molar-refractivity contribution < 1.29 is 9.13 Å². The smallest absolute Gasteiger partial charge is 0.195 e. The van der Waals surface area contributed by atoms with Gasteiger partial charge in [0.05, 0.1) is 5.71 Å². The van der Waals surface area contributed by atoms with Crippen molar-refractivity contribution in [2.45, 2.75) is 19.6 Å². The molecule has 0 amide bonds. The molecule has 1 heterocycles. The van der Waals surface area contributed by atoms with Crippen molar-refractivity contribution >= 4 is 11.4 Å². The quantitative estimate of drug-likeness (QED) is 0.909. The van der Waals surface area contributed by atoms with Crippen molar-refractivity contribution in [1.82, 2.24) is 0 Å². The van der Waals surface area contributed by atoms with Gasteiger partial charge in [-0.1, -0.05) is 0 Å². The van der Waals surface area contributed by atoms with E-state index in [1.807, 2.05) is 39.1 Å². The number of hydrogen-bond donors (Lipinski definition) is 1. The minimum atomic E-state index is -0.650. The summed E-state index contributed by atoms with van der Waals surface area (Å²) in [6, 6.07) is 12.3. The summed E-state index contributed by atoms with van der Waals surface area (Å²) in [5, 5.41) is 3.10. The third-order valence-corrected chi connectivity index (χ3v) is 3.38. The van der Waals surface area contributed by atoms with Crippen LogP contribution in [0.4, 0.5) is 10.1 Å². The van der Waals surface area contributed by atoms with Gasteiger partial charge in [-0.3, -0.25) is 0 Å². The van der Waals surface area contributed by atoms with Crippen LogP contribution < -0.4 is 10.1 Å². The fraction of sp³-hybridized carbons (Fsp3) is 0.235. The molecule has 1 N–H and O–H groups in total. The van der Waals surface area contributed by atoms with E-state index in [0.29, 0.717) is 0 Å². The van der Waals surface area contributed by atoms with Gasteiger partial charge in [-0.2, -0.15) is 0 Å². The topological polar surface area (TPSA) is 33.6 Å². The molecule has 0 fully saturated rings. The van der Waals surface area contributed by atoms with Crippen molar-refractivity contribution in [3.05, 3.63) is 59.4 Å². The van der Waals surface area contributed by atoms with E-state index in [4.69, 9.17) is 4.74 Å². The average molecular weight is 284 g/mol. The Hall–Kier alpha value is -2.36. The molecule has 108 valence electrons. The average Bonchev–Trinajstić information content (AvgIpc) is 2.45. The van der Waals surface area contributed by atoms with Crippen molar-refractivity contribution in [3.63, 3.8) is 0 Å². The molecule has 3 nitrogen and oxygen atoms in total. The van der Waals surface area contributed by atoms with Gasteiger partial charge >= 0.3 is 0 Å². The van der Waals surface area contributed by atoms with Crippen LogP contribution in [-0.4, -0.2) is 18.5 Å². The molecule has 0 aromatic heterocycles. The fourth-order valence-electron chi connectivity index (χ4n) is 2.41. The van der Waals surface area contributed by atoms with Crippen LogP contribution in [0.1, 0.15) is 25.0 Å². The Labute approximate surface area is 123 Å². The molecule has 21 heavy (non-hydrogen) atoms. The van der Waals surface area contributed by atoms with E-state index in [0.717, 1.165) is 28.3 Å². The molecule has 4 heteroatoms. The van der Waals surface area contributed by atoms with Crippen LogP contribution in [-0.2, 0) is 0 Å². The molecular weight excluding hydrogens is 267 g/mol. The first kappa shape index (κ1) is 13.6. The van der Waals surface area contributed by atoms with Crippen molar-refractivity contribution in [3.8, 4) is 5.75 Å². The number of benzene rings is 2. The molecule has 0 bridgehead atoms. The molecule has 0 spiro atoms. The zero-order chi connectivity index (χ0) is 15.0. The molecule has 0 unspecified atom stereocenters. The number of aliphatic imine (C=N–C) groups is 1. The first-order valence-corrected chi connectivity index (χ1v) is 6.85. The van der Waals surface area contributed by atoms with Gasteiger partial charge in [0.2, 0.25) is 0 Å². The Morgan fingerprint density at radius 2 is 1.81 bits per heavy atom. The molecule has 0 aliphatic carbocycles. The third kappa shape index (κ3) is 2.61. The summed E-state index contributed by atoms with van der Waals surface area (Å²) in [5.74, 6) is 0.526. The van der Waals surface area contributed by atoms with Gasteiger partial charge in [0.1, 0.15) is 11.6 Å². The Bertz CT molecular complexity index is 705. The monoisotopic (exact) mass is 284 g/mol. The minimum absolute atomic E-state index is 0.253. The molecular formula is C17H17FN2O. The lowest BCUT2D eigenvalue weighted by Crippen LogP contribution is -2.32. The Morgan fingerprint density at radius 1 is 1.10 bits per heavy atom. The highest BCUT2D eigenvalue weighted by Crippen LogP contribution is 2.34. The molecule has 0 saturated heterocycles. The maximum Gasteiger partial charge on any atom is 0.195 e. The zero-order valence-electron chi connectivity index (χ0n) is 12.3. The van der Waals surface area contributed by atoms with Crippen LogP contribution in [0.2, 0.25) is 0 Å². The van der Waals surface area contributed by atoms with Gasteiger partial charge in [-0.05, 0) is 50.2 Å². The van der Waals surface area contributed by atoms with Gasteiger partial charge < -0.3 is 10.1 Å². The molecule has 1 aliphatic rings. The maximum absolute atomic E-state index is 13.1. The summed E-state index contributed by atoms with van der Waals surface area (Å²) in [6.07, 6.45) is 0. The predicted molar refractivity (Wildman–Crippen MR) is 82.7 cm³/mol. The summed E-state index contributed by atoms with van der Waals surface area (Å²) in [4.78, 5) is 4.66. The molecule has 0 radical (unpaired) electrons. The highest BCUT2D eigenvalue weighted by atomic mass is 19.1. The van der Waals surface area contributed by atoms with Crippen molar-refractivity contribution in [2.75, 3.05) is 12.4 Å². The van der Waals surface area contributed by atoms with Gasteiger partial charge in [0, 0.05) is 29.9 Å². The Morgan fingerprint density at radius 3 is 2.48 bits per heavy atom. The van der Waals surface area contributed by atoms with E-state index in [2.05, 4.69) is 10.3 Å². The molecule has 0 saturated carbocycles. The second kappa shape index (κ2) is 4.88. The van der Waals surface area contributed by atoms with E-state index in [1.165, 1.54) is 12.1 Å². The fourth-order valence-corrected chi connectivity index (χ4v) is 2.41. The highest BCUT2D eigenvalue weighted by Gasteiger charge is 2.28. The lowest BCUT2D eigenvalue weighted by Gasteiger charge is -2.30. The Kier molecular flexibility index (Phi) is 3.16. The largest absolute Gasteiger partial charge is 0.466 e. The number of halogens is 1. The van der Waals surface area contributed by atoms with Crippen molar-refractivity contribution in [1.29, 1.82) is 0 Å². The standard InChI is InChI=1S/C17H17FN2O/c1-17(2)20-16(11-4-6-12(18)7-5-11)14-9-8-13(19-3)10-15(14)21-17/h4-10,19H,1-3H3. The summed E-state index contributed by atoms with van der Waals surface area (Å²) < 4.78 is 19.1. The summed E-state index contributed by atoms with van der Waals surface area (Å²) in [5.41, 5.74) is 2.95. The number of nitrogens with one attached hydrogen (secondary N) is 1. The molecule has 2 aromatic carbocycles. The first-order valence-electron chi connectivity index (χ1n) is 6.85. The normalized spacial score (nSPS) is 15.7. The minimum Gasteiger partial charge on any atom is -0.466 e. The van der Waals surface area contributed by atoms with E-state index < -0.39 is 5.72 Å². The van der Waals surface area contributed by atoms with Crippen molar-refractivity contribution in [2.24, 2.45) is 4.99 Å². The van der Waals surface area contributed by atoms with Crippen LogP contribution in [0.3, 0.4) is 0 Å². The number of anilines is 1. The summed E-state index contributed by atoms with van der Waals surface area (Å²) in [7, 11) is 1.87.